The van der Waals surface area contributed by atoms with Gasteiger partial charge in [0.05, 0.1) is 7.11 Å². The summed E-state index contributed by atoms with van der Waals surface area (Å²) in [7, 11) is 2.81. The number of aromatic amines is 1. The number of carbonyl (C=O) groups is 2. The molecule has 3 N–H and O–H groups in total. The number of methoxy groups -OCH3 is 1. The Morgan fingerprint density at radius 3 is 2.44 bits per heavy atom. The standard InChI is InChI=1S/C34H36FN5O5/c1-20-23(22-16-28(35)26(30(17-22)45-4)18-36-13-15-40-14-7-12-31(40)41)8-5-9-24(20)25-10-6-11-29(21(25)2)38-32(42)27-19-37-34(44)39(3)33(27)43/h5-6,8-11,16-17,19,36H,7,12-15,18H2,1-4H3,(H,37,44)(H,38,42). The van der Waals surface area contributed by atoms with Gasteiger partial charge in [-0.15, -0.1) is 0 Å². The summed E-state index contributed by atoms with van der Waals surface area (Å²) < 4.78 is 21.9. The lowest BCUT2D eigenvalue weighted by molar-refractivity contribution is -0.127. The van der Waals surface area contributed by atoms with E-state index in [9.17, 15) is 19.2 Å². The monoisotopic (exact) mass is 613 g/mol. The Balaban J connectivity index is 1.39. The van der Waals surface area contributed by atoms with Gasteiger partial charge in [0.15, 0.2) is 0 Å². The molecule has 3 aromatic carbocycles. The van der Waals surface area contributed by atoms with Gasteiger partial charge >= 0.3 is 5.69 Å². The smallest absolute Gasteiger partial charge is 0.328 e. The average molecular weight is 614 g/mol. The summed E-state index contributed by atoms with van der Waals surface area (Å²) in [6, 6.07) is 14.6. The summed E-state index contributed by atoms with van der Waals surface area (Å²) >= 11 is 0. The van der Waals surface area contributed by atoms with Crippen LogP contribution in [-0.2, 0) is 18.4 Å². The molecule has 1 aromatic heterocycles. The van der Waals surface area contributed by atoms with Crippen molar-refractivity contribution in [3.63, 3.8) is 0 Å². The van der Waals surface area contributed by atoms with Crippen molar-refractivity contribution in [2.75, 3.05) is 32.1 Å². The highest BCUT2D eigenvalue weighted by atomic mass is 19.1. The lowest BCUT2D eigenvalue weighted by atomic mass is 9.90. The molecule has 11 heteroatoms. The Kier molecular flexibility index (Phi) is 9.29. The molecule has 10 nitrogen and oxygen atoms in total. The molecule has 0 bridgehead atoms. The third-order valence-corrected chi connectivity index (χ3v) is 8.35. The number of ether oxygens (including phenoxy) is 1. The minimum atomic E-state index is -0.698. The number of hydrogen-bond acceptors (Lipinski definition) is 6. The summed E-state index contributed by atoms with van der Waals surface area (Å²) in [4.78, 5) is 53.2. The molecule has 0 radical (unpaired) electrons. The molecule has 0 saturated carbocycles. The maximum atomic E-state index is 15.5. The quantitative estimate of drug-likeness (QED) is 0.231. The molecule has 1 saturated heterocycles. The predicted molar refractivity (Wildman–Crippen MR) is 171 cm³/mol. The van der Waals surface area contributed by atoms with Crippen molar-refractivity contribution in [2.45, 2.75) is 33.2 Å². The van der Waals surface area contributed by atoms with Crippen LogP contribution >= 0.6 is 0 Å². The molecule has 0 unspecified atom stereocenters. The number of anilines is 1. The molecule has 1 fully saturated rings. The van der Waals surface area contributed by atoms with E-state index in [0.717, 1.165) is 51.5 Å². The van der Waals surface area contributed by atoms with E-state index in [2.05, 4.69) is 15.6 Å². The van der Waals surface area contributed by atoms with Gasteiger partial charge < -0.3 is 25.3 Å². The van der Waals surface area contributed by atoms with E-state index < -0.39 is 23.0 Å². The van der Waals surface area contributed by atoms with Crippen LogP contribution in [0.3, 0.4) is 0 Å². The van der Waals surface area contributed by atoms with Gasteiger partial charge in [-0.2, -0.15) is 0 Å². The lowest BCUT2D eigenvalue weighted by Crippen LogP contribution is -2.37. The summed E-state index contributed by atoms with van der Waals surface area (Å²) in [5.74, 6) is -0.451. The van der Waals surface area contributed by atoms with Gasteiger partial charge in [0.2, 0.25) is 5.91 Å². The lowest BCUT2D eigenvalue weighted by Gasteiger charge is -2.18. The number of nitrogens with zero attached hydrogens (tertiary/aromatic N) is 2. The Hall–Kier alpha value is -5.03. The molecule has 5 rings (SSSR count). The summed E-state index contributed by atoms with van der Waals surface area (Å²) in [6.07, 6.45) is 2.58. The first-order valence-electron chi connectivity index (χ1n) is 14.8. The molecule has 45 heavy (non-hydrogen) atoms. The molecule has 1 aliphatic heterocycles. The maximum absolute atomic E-state index is 15.5. The number of rotatable bonds is 10. The van der Waals surface area contributed by atoms with E-state index in [-0.39, 0.29) is 18.0 Å². The van der Waals surface area contributed by atoms with Crippen molar-refractivity contribution in [1.29, 1.82) is 0 Å². The molecule has 0 spiro atoms. The molecule has 2 amide bonds. The zero-order valence-electron chi connectivity index (χ0n) is 25.8. The molecule has 0 atom stereocenters. The highest BCUT2D eigenvalue weighted by Crippen LogP contribution is 2.37. The van der Waals surface area contributed by atoms with Crippen molar-refractivity contribution in [1.82, 2.24) is 19.8 Å². The zero-order chi connectivity index (χ0) is 32.2. The second-order valence-electron chi connectivity index (χ2n) is 11.1. The third-order valence-electron chi connectivity index (χ3n) is 8.35. The van der Waals surface area contributed by atoms with Gasteiger partial charge in [-0.05, 0) is 71.8 Å². The van der Waals surface area contributed by atoms with Crippen LogP contribution in [0.4, 0.5) is 10.1 Å². The fourth-order valence-electron chi connectivity index (χ4n) is 5.71. The first kappa shape index (κ1) is 31.4. The van der Waals surface area contributed by atoms with Crippen molar-refractivity contribution in [2.24, 2.45) is 7.05 Å². The fraction of sp³-hybridized carbons (Fsp3) is 0.294. The van der Waals surface area contributed by atoms with Crippen LogP contribution in [0.15, 0.2) is 64.3 Å². The molecule has 2 heterocycles. The molecular weight excluding hydrogens is 577 g/mol. The Labute approximate surface area is 259 Å². The maximum Gasteiger partial charge on any atom is 0.328 e. The van der Waals surface area contributed by atoms with Crippen LogP contribution in [0.1, 0.15) is 39.9 Å². The van der Waals surface area contributed by atoms with Crippen LogP contribution in [-0.4, -0.2) is 53.0 Å². The van der Waals surface area contributed by atoms with E-state index in [1.165, 1.54) is 20.2 Å². The first-order chi connectivity index (χ1) is 21.6. The van der Waals surface area contributed by atoms with Gasteiger partial charge in [-0.1, -0.05) is 30.3 Å². The van der Waals surface area contributed by atoms with Crippen molar-refractivity contribution in [3.8, 4) is 28.0 Å². The van der Waals surface area contributed by atoms with Crippen LogP contribution in [0.5, 0.6) is 5.75 Å². The highest BCUT2D eigenvalue weighted by molar-refractivity contribution is 6.04. The van der Waals surface area contributed by atoms with Gasteiger partial charge in [-0.25, -0.2) is 9.18 Å². The summed E-state index contributed by atoms with van der Waals surface area (Å²) in [5.41, 5.74) is 4.33. The van der Waals surface area contributed by atoms with E-state index in [1.807, 2.05) is 49.1 Å². The van der Waals surface area contributed by atoms with E-state index in [1.54, 1.807) is 12.1 Å². The number of aromatic nitrogens is 2. The van der Waals surface area contributed by atoms with E-state index in [0.29, 0.717) is 42.1 Å². The van der Waals surface area contributed by atoms with Crippen molar-refractivity contribution < 1.29 is 18.7 Å². The van der Waals surface area contributed by atoms with E-state index in [4.69, 9.17) is 4.74 Å². The van der Waals surface area contributed by atoms with Gasteiger partial charge in [-0.3, -0.25) is 19.0 Å². The number of hydrogen-bond donors (Lipinski definition) is 3. The molecule has 4 aromatic rings. The van der Waals surface area contributed by atoms with Crippen molar-refractivity contribution in [3.05, 3.63) is 104 Å². The van der Waals surface area contributed by atoms with Gasteiger partial charge in [0, 0.05) is 57.1 Å². The normalized spacial score (nSPS) is 12.9. The van der Waals surface area contributed by atoms with Crippen LogP contribution in [0.25, 0.3) is 22.3 Å². The topological polar surface area (TPSA) is 126 Å². The van der Waals surface area contributed by atoms with E-state index >= 15 is 4.39 Å². The zero-order valence-corrected chi connectivity index (χ0v) is 25.8. The largest absolute Gasteiger partial charge is 0.496 e. The van der Waals surface area contributed by atoms with Gasteiger partial charge in [0.1, 0.15) is 17.1 Å². The Morgan fingerprint density at radius 2 is 1.73 bits per heavy atom. The predicted octanol–water partition coefficient (Wildman–Crippen LogP) is 4.14. The number of halogens is 1. The number of nitrogens with one attached hydrogen (secondary N) is 3. The Bertz CT molecular complexity index is 1900. The number of likely N-dealkylation sites (tertiary alicyclic amines) is 1. The molecular formula is C34H36FN5O5. The summed E-state index contributed by atoms with van der Waals surface area (Å²) in [5, 5.41) is 6.02. The molecule has 1 aliphatic rings. The number of amides is 2. The second kappa shape index (κ2) is 13.3. The third kappa shape index (κ3) is 6.44. The fourth-order valence-corrected chi connectivity index (χ4v) is 5.71. The van der Waals surface area contributed by atoms with Gasteiger partial charge in [0.25, 0.3) is 11.5 Å². The minimum absolute atomic E-state index is 0.159. The SMILES string of the molecule is COc1cc(-c2cccc(-c3cccc(NC(=O)c4c[nH]c(=O)n(C)c4=O)c3C)c2C)cc(F)c1CNCCN1CCCC1=O. The summed E-state index contributed by atoms with van der Waals surface area (Å²) in [6.45, 7) is 5.99. The molecule has 0 aliphatic carbocycles. The van der Waals surface area contributed by atoms with Crippen LogP contribution in [0, 0.1) is 19.7 Å². The number of H-pyrrole nitrogens is 1. The van der Waals surface area contributed by atoms with Crippen LogP contribution in [0.2, 0.25) is 0 Å². The average Bonchev–Trinajstić information content (AvgIpc) is 3.44. The van der Waals surface area contributed by atoms with Crippen LogP contribution < -0.4 is 26.6 Å². The molecule has 234 valence electrons. The number of benzene rings is 3. The van der Waals surface area contributed by atoms with Crippen molar-refractivity contribution >= 4 is 17.5 Å². The Morgan fingerprint density at radius 1 is 1.02 bits per heavy atom. The minimum Gasteiger partial charge on any atom is -0.496 e. The number of carbonyl (C=O) groups excluding carboxylic acids is 2. The second-order valence-corrected chi connectivity index (χ2v) is 11.1. The highest BCUT2D eigenvalue weighted by Gasteiger charge is 2.21. The first-order valence-corrected chi connectivity index (χ1v) is 14.8.